The molecule has 0 aliphatic carbocycles. The maximum atomic E-state index is 12.6. The van der Waals surface area contributed by atoms with Crippen molar-refractivity contribution in [2.24, 2.45) is 0 Å². The van der Waals surface area contributed by atoms with Crippen molar-refractivity contribution in [1.82, 2.24) is 10.2 Å². The molecule has 0 unspecified atom stereocenters. The van der Waals surface area contributed by atoms with Gasteiger partial charge in [-0.1, -0.05) is 18.2 Å². The number of carbonyl (C=O) groups is 1. The Hall–Kier alpha value is -2.07. The van der Waals surface area contributed by atoms with E-state index in [4.69, 9.17) is 4.42 Å². The summed E-state index contributed by atoms with van der Waals surface area (Å²) in [6.45, 7) is 3.32. The number of nitrogens with zero attached hydrogens (tertiary/aromatic N) is 1. The van der Waals surface area contributed by atoms with E-state index < -0.39 is 0 Å². The van der Waals surface area contributed by atoms with Gasteiger partial charge in [-0.3, -0.25) is 4.79 Å². The van der Waals surface area contributed by atoms with Crippen LogP contribution < -0.4 is 5.32 Å². The monoisotopic (exact) mass is 286 g/mol. The lowest BCUT2D eigenvalue weighted by Gasteiger charge is -2.19. The van der Waals surface area contributed by atoms with Gasteiger partial charge in [-0.15, -0.1) is 0 Å². The van der Waals surface area contributed by atoms with E-state index in [9.17, 15) is 4.79 Å². The molecule has 0 bridgehead atoms. The summed E-state index contributed by atoms with van der Waals surface area (Å²) in [7, 11) is 3.74. The summed E-state index contributed by atoms with van der Waals surface area (Å²) in [6, 6.07) is 9.70. The second-order valence-corrected chi connectivity index (χ2v) is 5.17. The fourth-order valence-electron chi connectivity index (χ4n) is 2.31. The number of amides is 1. The van der Waals surface area contributed by atoms with E-state index in [1.165, 1.54) is 0 Å². The van der Waals surface area contributed by atoms with Gasteiger partial charge < -0.3 is 14.6 Å². The first-order chi connectivity index (χ1) is 10.1. The molecule has 2 aromatic rings. The number of hydrogen-bond donors (Lipinski definition) is 1. The molecule has 0 spiro atoms. The lowest BCUT2D eigenvalue weighted by Crippen LogP contribution is -2.27. The molecule has 1 amide bonds. The first kappa shape index (κ1) is 15.3. The Morgan fingerprint density at radius 2 is 2.00 bits per heavy atom. The van der Waals surface area contributed by atoms with E-state index >= 15 is 0 Å². The molecule has 1 aromatic carbocycles. The molecule has 4 nitrogen and oxygen atoms in total. The third kappa shape index (κ3) is 3.73. The molecule has 2 rings (SSSR count). The van der Waals surface area contributed by atoms with Crippen molar-refractivity contribution >= 4 is 5.91 Å². The molecule has 0 atom stereocenters. The lowest BCUT2D eigenvalue weighted by molar-refractivity contribution is 0.0783. The SMILES string of the molecule is CNCCc1ccccc1C(=O)N(C)Cc1ccoc1C. The molecule has 1 heterocycles. The van der Waals surface area contributed by atoms with Gasteiger partial charge in [-0.25, -0.2) is 0 Å². The molecule has 0 aliphatic rings. The molecule has 0 fully saturated rings. The van der Waals surface area contributed by atoms with Gasteiger partial charge in [0.25, 0.3) is 5.91 Å². The minimum atomic E-state index is 0.0438. The Bertz CT molecular complexity index is 604. The Labute approximate surface area is 125 Å². The van der Waals surface area contributed by atoms with E-state index in [-0.39, 0.29) is 5.91 Å². The Morgan fingerprint density at radius 1 is 1.24 bits per heavy atom. The summed E-state index contributed by atoms with van der Waals surface area (Å²) < 4.78 is 5.28. The second kappa shape index (κ2) is 7.09. The molecular weight excluding hydrogens is 264 g/mol. The molecule has 4 heteroatoms. The summed E-state index contributed by atoms with van der Waals surface area (Å²) in [5.41, 5.74) is 2.89. The van der Waals surface area contributed by atoms with Crippen molar-refractivity contribution in [3.05, 3.63) is 59.0 Å². The predicted octanol–water partition coefficient (Wildman–Crippen LogP) is 2.62. The van der Waals surface area contributed by atoms with E-state index in [0.717, 1.165) is 35.4 Å². The highest BCUT2D eigenvalue weighted by atomic mass is 16.3. The van der Waals surface area contributed by atoms with Gasteiger partial charge in [-0.2, -0.15) is 0 Å². The third-order valence-electron chi connectivity index (χ3n) is 3.61. The summed E-state index contributed by atoms with van der Waals surface area (Å²) in [4.78, 5) is 14.4. The highest BCUT2D eigenvalue weighted by Gasteiger charge is 2.16. The third-order valence-corrected chi connectivity index (χ3v) is 3.61. The molecule has 1 aromatic heterocycles. The molecule has 1 N–H and O–H groups in total. The number of rotatable bonds is 6. The average molecular weight is 286 g/mol. The lowest BCUT2D eigenvalue weighted by atomic mass is 10.0. The van der Waals surface area contributed by atoms with Gasteiger partial charge in [0, 0.05) is 24.7 Å². The van der Waals surface area contributed by atoms with Gasteiger partial charge in [0.15, 0.2) is 0 Å². The van der Waals surface area contributed by atoms with Crippen LogP contribution >= 0.6 is 0 Å². The number of aryl methyl sites for hydroxylation is 1. The number of hydrogen-bond acceptors (Lipinski definition) is 3. The van der Waals surface area contributed by atoms with Gasteiger partial charge in [0.05, 0.1) is 6.26 Å². The molecular formula is C17H22N2O2. The minimum Gasteiger partial charge on any atom is -0.469 e. The maximum Gasteiger partial charge on any atom is 0.254 e. The molecule has 0 aliphatic heterocycles. The first-order valence-electron chi connectivity index (χ1n) is 7.14. The average Bonchev–Trinajstić information content (AvgIpc) is 2.90. The van der Waals surface area contributed by atoms with E-state index in [0.29, 0.717) is 6.54 Å². The summed E-state index contributed by atoms with van der Waals surface area (Å²) >= 11 is 0. The fourth-order valence-corrected chi connectivity index (χ4v) is 2.31. The zero-order valence-corrected chi connectivity index (χ0v) is 12.8. The quantitative estimate of drug-likeness (QED) is 0.888. The van der Waals surface area contributed by atoms with Crippen molar-refractivity contribution in [1.29, 1.82) is 0 Å². The van der Waals surface area contributed by atoms with Crippen molar-refractivity contribution in [3.8, 4) is 0 Å². The minimum absolute atomic E-state index is 0.0438. The highest BCUT2D eigenvalue weighted by Crippen LogP contribution is 2.16. The molecule has 0 saturated heterocycles. The molecule has 21 heavy (non-hydrogen) atoms. The van der Waals surface area contributed by atoms with Crippen LogP contribution in [0.15, 0.2) is 41.0 Å². The largest absolute Gasteiger partial charge is 0.469 e. The smallest absolute Gasteiger partial charge is 0.254 e. The topological polar surface area (TPSA) is 45.5 Å². The molecule has 0 saturated carbocycles. The van der Waals surface area contributed by atoms with Crippen molar-refractivity contribution < 1.29 is 9.21 Å². The molecule has 0 radical (unpaired) electrons. The van der Waals surface area contributed by atoms with Gasteiger partial charge in [0.2, 0.25) is 0 Å². The number of carbonyl (C=O) groups excluding carboxylic acids is 1. The van der Waals surface area contributed by atoms with Crippen LogP contribution in [0, 0.1) is 6.92 Å². The molecule has 112 valence electrons. The van der Waals surface area contributed by atoms with Crippen LogP contribution in [0.25, 0.3) is 0 Å². The van der Waals surface area contributed by atoms with Gasteiger partial charge in [-0.05, 0) is 44.6 Å². The normalized spacial score (nSPS) is 10.6. The van der Waals surface area contributed by atoms with Crippen LogP contribution in [0.1, 0.15) is 27.2 Å². The number of nitrogens with one attached hydrogen (secondary N) is 1. The van der Waals surface area contributed by atoms with Crippen molar-refractivity contribution in [2.45, 2.75) is 19.9 Å². The Kier molecular flexibility index (Phi) is 5.17. The Balaban J connectivity index is 2.13. The standard InChI is InChI=1S/C17H22N2O2/c1-13-15(9-11-21-13)12-19(3)17(20)16-7-5-4-6-14(16)8-10-18-2/h4-7,9,11,18H,8,10,12H2,1-3H3. The van der Waals surface area contributed by atoms with Crippen molar-refractivity contribution in [3.63, 3.8) is 0 Å². The number of benzene rings is 1. The van der Waals surface area contributed by atoms with Gasteiger partial charge >= 0.3 is 0 Å². The fraction of sp³-hybridized carbons (Fsp3) is 0.353. The van der Waals surface area contributed by atoms with Crippen LogP contribution in [0.2, 0.25) is 0 Å². The van der Waals surface area contributed by atoms with Crippen LogP contribution in [-0.2, 0) is 13.0 Å². The second-order valence-electron chi connectivity index (χ2n) is 5.17. The Morgan fingerprint density at radius 3 is 2.67 bits per heavy atom. The van der Waals surface area contributed by atoms with Gasteiger partial charge in [0.1, 0.15) is 5.76 Å². The van der Waals surface area contributed by atoms with Crippen molar-refractivity contribution in [2.75, 3.05) is 20.6 Å². The van der Waals surface area contributed by atoms with Crippen LogP contribution in [-0.4, -0.2) is 31.4 Å². The number of furan rings is 1. The number of likely N-dealkylation sites (N-methyl/N-ethyl adjacent to an activating group) is 1. The zero-order chi connectivity index (χ0) is 15.2. The maximum absolute atomic E-state index is 12.6. The summed E-state index contributed by atoms with van der Waals surface area (Å²) in [5, 5.41) is 3.12. The van der Waals surface area contributed by atoms with Crippen LogP contribution in [0.5, 0.6) is 0 Å². The van der Waals surface area contributed by atoms with E-state index in [1.54, 1.807) is 11.2 Å². The van der Waals surface area contributed by atoms with E-state index in [1.807, 2.05) is 51.4 Å². The predicted molar refractivity (Wildman–Crippen MR) is 83.3 cm³/mol. The zero-order valence-electron chi connectivity index (χ0n) is 12.8. The van der Waals surface area contributed by atoms with Crippen LogP contribution in [0.3, 0.4) is 0 Å². The van der Waals surface area contributed by atoms with E-state index in [2.05, 4.69) is 5.32 Å². The summed E-state index contributed by atoms with van der Waals surface area (Å²) in [5.74, 6) is 0.903. The highest BCUT2D eigenvalue weighted by molar-refractivity contribution is 5.95. The summed E-state index contributed by atoms with van der Waals surface area (Å²) in [6.07, 6.45) is 2.50. The first-order valence-corrected chi connectivity index (χ1v) is 7.14. The van der Waals surface area contributed by atoms with Crippen LogP contribution in [0.4, 0.5) is 0 Å².